The van der Waals surface area contributed by atoms with Gasteiger partial charge >= 0.3 is 0 Å². The summed E-state index contributed by atoms with van der Waals surface area (Å²) in [5, 5.41) is 9.37. The quantitative estimate of drug-likeness (QED) is 0.909. The van der Waals surface area contributed by atoms with Gasteiger partial charge in [0.1, 0.15) is 5.75 Å². The third-order valence-electron chi connectivity index (χ3n) is 2.46. The number of rotatable bonds is 4. The topological polar surface area (TPSA) is 66.4 Å². The van der Waals surface area contributed by atoms with Crippen molar-refractivity contribution in [3.63, 3.8) is 0 Å². The minimum Gasteiger partial charge on any atom is -0.508 e. The number of hydrogen-bond acceptors (Lipinski definition) is 4. The molecule has 0 fully saturated rings. The highest BCUT2D eigenvalue weighted by Gasteiger charge is 2.10. The van der Waals surface area contributed by atoms with Gasteiger partial charge in [0.25, 0.3) is 0 Å². The number of nitrogens with one attached hydrogen (secondary N) is 1. The first-order valence-corrected chi connectivity index (χ1v) is 7.82. The number of benzene rings is 2. The zero-order valence-electron chi connectivity index (χ0n) is 10.2. The van der Waals surface area contributed by atoms with E-state index in [0.717, 1.165) is 9.79 Å². The molecule has 0 unspecified atom stereocenters. The van der Waals surface area contributed by atoms with E-state index in [-0.39, 0.29) is 10.6 Å². The van der Waals surface area contributed by atoms with Crippen LogP contribution in [0.25, 0.3) is 0 Å². The van der Waals surface area contributed by atoms with E-state index >= 15 is 0 Å². The predicted molar refractivity (Wildman–Crippen MR) is 74.9 cm³/mol. The lowest BCUT2D eigenvalue weighted by molar-refractivity contribution is 0.474. The fourth-order valence-corrected chi connectivity index (χ4v) is 3.09. The average Bonchev–Trinajstić information content (AvgIpc) is 2.39. The van der Waals surface area contributed by atoms with Crippen LogP contribution in [0, 0.1) is 0 Å². The fourth-order valence-electron chi connectivity index (χ4n) is 1.49. The number of sulfonamides is 1. The summed E-state index contributed by atoms with van der Waals surface area (Å²) in [5.41, 5.74) is 0. The minimum absolute atomic E-state index is 0.208. The van der Waals surface area contributed by atoms with Crippen molar-refractivity contribution in [3.8, 4) is 5.75 Å². The molecule has 0 aliphatic heterocycles. The zero-order chi connectivity index (χ0) is 13.9. The van der Waals surface area contributed by atoms with Crippen molar-refractivity contribution in [3.05, 3.63) is 48.5 Å². The minimum atomic E-state index is -3.39. The van der Waals surface area contributed by atoms with Crippen LogP contribution in [0.3, 0.4) is 0 Å². The molecule has 2 N–H and O–H groups in total. The Balaban J connectivity index is 2.20. The largest absolute Gasteiger partial charge is 0.508 e. The Labute approximate surface area is 116 Å². The van der Waals surface area contributed by atoms with E-state index in [1.54, 1.807) is 42.5 Å². The van der Waals surface area contributed by atoms with Crippen LogP contribution in [0.2, 0.25) is 0 Å². The molecule has 6 heteroatoms. The van der Waals surface area contributed by atoms with Gasteiger partial charge in [-0.25, -0.2) is 13.1 Å². The van der Waals surface area contributed by atoms with Gasteiger partial charge in [-0.2, -0.15) is 0 Å². The molecule has 0 amide bonds. The van der Waals surface area contributed by atoms with Gasteiger partial charge in [0.2, 0.25) is 10.0 Å². The predicted octanol–water partition coefficient (Wildman–Crippen LogP) is 2.45. The highest BCUT2D eigenvalue weighted by Crippen LogP contribution is 2.30. The van der Waals surface area contributed by atoms with E-state index in [0.29, 0.717) is 0 Å². The molecule has 0 radical (unpaired) electrons. The molecule has 0 aliphatic rings. The molecule has 100 valence electrons. The fraction of sp³-hybridized carbons (Fsp3) is 0.0769. The summed E-state index contributed by atoms with van der Waals surface area (Å²) < 4.78 is 25.4. The second kappa shape index (κ2) is 5.64. The van der Waals surface area contributed by atoms with Crippen molar-refractivity contribution in [1.82, 2.24) is 4.72 Å². The smallest absolute Gasteiger partial charge is 0.240 e. The lowest BCUT2D eigenvalue weighted by Crippen LogP contribution is -2.18. The summed E-state index contributed by atoms with van der Waals surface area (Å²) in [5.74, 6) is 0.208. The first kappa shape index (κ1) is 13.9. The molecule has 0 spiro atoms. The van der Waals surface area contributed by atoms with Crippen LogP contribution in [-0.4, -0.2) is 20.6 Å². The van der Waals surface area contributed by atoms with E-state index in [1.807, 2.05) is 6.07 Å². The monoisotopic (exact) mass is 295 g/mol. The number of phenols is 1. The van der Waals surface area contributed by atoms with Crippen LogP contribution in [0.15, 0.2) is 63.2 Å². The second-order valence-corrected chi connectivity index (χ2v) is 6.81. The molecule has 4 nitrogen and oxygen atoms in total. The number of aromatic hydroxyl groups is 1. The number of hydrogen-bond donors (Lipinski definition) is 2. The van der Waals surface area contributed by atoms with Crippen LogP contribution >= 0.6 is 11.8 Å². The van der Waals surface area contributed by atoms with Crippen molar-refractivity contribution >= 4 is 21.8 Å². The molecule has 0 atom stereocenters. The Hall–Kier alpha value is -1.50. The average molecular weight is 295 g/mol. The van der Waals surface area contributed by atoms with Crippen molar-refractivity contribution < 1.29 is 13.5 Å². The molecule has 19 heavy (non-hydrogen) atoms. The third kappa shape index (κ3) is 3.50. The van der Waals surface area contributed by atoms with Crippen molar-refractivity contribution in [2.24, 2.45) is 0 Å². The Morgan fingerprint density at radius 2 is 1.74 bits per heavy atom. The molecule has 0 saturated heterocycles. The van der Waals surface area contributed by atoms with Gasteiger partial charge < -0.3 is 5.11 Å². The standard InChI is InChI=1S/C13H13NO3S2/c1-14-19(16,17)13-7-5-11(6-8-13)18-12-4-2-3-10(15)9-12/h2-9,14-15H,1H3. The summed E-state index contributed by atoms with van der Waals surface area (Å²) in [6, 6.07) is 13.5. The molecular weight excluding hydrogens is 282 g/mol. The van der Waals surface area contributed by atoms with Gasteiger partial charge in [0.15, 0.2) is 0 Å². The van der Waals surface area contributed by atoms with Crippen molar-refractivity contribution in [1.29, 1.82) is 0 Å². The van der Waals surface area contributed by atoms with Crippen LogP contribution in [0.4, 0.5) is 0 Å². The van der Waals surface area contributed by atoms with E-state index < -0.39 is 10.0 Å². The SMILES string of the molecule is CNS(=O)(=O)c1ccc(Sc2cccc(O)c2)cc1. The second-order valence-electron chi connectivity index (χ2n) is 3.78. The Kier molecular flexibility index (Phi) is 4.14. The molecule has 0 bridgehead atoms. The van der Waals surface area contributed by atoms with Crippen LogP contribution in [0.5, 0.6) is 5.75 Å². The van der Waals surface area contributed by atoms with Crippen molar-refractivity contribution in [2.75, 3.05) is 7.05 Å². The Morgan fingerprint density at radius 3 is 2.32 bits per heavy atom. The van der Waals surface area contributed by atoms with Crippen LogP contribution < -0.4 is 4.72 Å². The van der Waals surface area contributed by atoms with Crippen LogP contribution in [-0.2, 0) is 10.0 Å². The molecule has 2 aromatic rings. The maximum absolute atomic E-state index is 11.6. The highest BCUT2D eigenvalue weighted by molar-refractivity contribution is 7.99. The lowest BCUT2D eigenvalue weighted by Gasteiger charge is -2.05. The summed E-state index contributed by atoms with van der Waals surface area (Å²) in [6.07, 6.45) is 0. The first-order valence-electron chi connectivity index (χ1n) is 5.52. The molecule has 0 heterocycles. The normalized spacial score (nSPS) is 11.4. The first-order chi connectivity index (χ1) is 9.01. The summed E-state index contributed by atoms with van der Waals surface area (Å²) in [7, 11) is -2.01. The van der Waals surface area contributed by atoms with Gasteiger partial charge in [-0.05, 0) is 49.5 Å². The van der Waals surface area contributed by atoms with E-state index in [9.17, 15) is 13.5 Å². The third-order valence-corrected chi connectivity index (χ3v) is 4.88. The molecular formula is C13H13NO3S2. The van der Waals surface area contributed by atoms with Crippen molar-refractivity contribution in [2.45, 2.75) is 14.7 Å². The highest BCUT2D eigenvalue weighted by atomic mass is 32.2. The van der Waals surface area contributed by atoms with E-state index in [4.69, 9.17) is 0 Å². The van der Waals surface area contributed by atoms with Gasteiger partial charge in [-0.3, -0.25) is 0 Å². The molecule has 2 aromatic carbocycles. The van der Waals surface area contributed by atoms with E-state index in [2.05, 4.69) is 4.72 Å². The molecule has 0 aliphatic carbocycles. The van der Waals surface area contributed by atoms with Gasteiger partial charge in [0, 0.05) is 9.79 Å². The summed E-state index contributed by atoms with van der Waals surface area (Å²) in [6.45, 7) is 0. The Morgan fingerprint density at radius 1 is 1.05 bits per heavy atom. The maximum atomic E-state index is 11.6. The molecule has 0 aromatic heterocycles. The van der Waals surface area contributed by atoms with Gasteiger partial charge in [-0.15, -0.1) is 0 Å². The lowest BCUT2D eigenvalue weighted by atomic mass is 10.3. The Bertz CT molecular complexity index is 667. The van der Waals surface area contributed by atoms with Gasteiger partial charge in [0.05, 0.1) is 4.90 Å². The zero-order valence-corrected chi connectivity index (χ0v) is 11.8. The molecule has 0 saturated carbocycles. The summed E-state index contributed by atoms with van der Waals surface area (Å²) >= 11 is 1.45. The van der Waals surface area contributed by atoms with Gasteiger partial charge in [-0.1, -0.05) is 17.8 Å². The van der Waals surface area contributed by atoms with E-state index in [1.165, 1.54) is 18.8 Å². The maximum Gasteiger partial charge on any atom is 0.240 e. The van der Waals surface area contributed by atoms with Crippen LogP contribution in [0.1, 0.15) is 0 Å². The summed E-state index contributed by atoms with van der Waals surface area (Å²) in [4.78, 5) is 2.03. The molecule has 2 rings (SSSR count). The number of phenolic OH excluding ortho intramolecular Hbond substituents is 1.